The molecular formula is C21H19ClN2O6S. The van der Waals surface area contributed by atoms with Gasteiger partial charge in [0.2, 0.25) is 0 Å². The number of carbonyl (C=O) groups excluding carboxylic acids is 2. The molecule has 0 unspecified atom stereocenters. The number of carbonyl (C=O) groups is 2. The maximum atomic E-state index is 12.2. The van der Waals surface area contributed by atoms with E-state index < -0.39 is 11.9 Å². The first-order valence-corrected chi connectivity index (χ1v) is 10.6. The van der Waals surface area contributed by atoms with Gasteiger partial charge in [-0.1, -0.05) is 11.6 Å². The Morgan fingerprint density at radius 2 is 2.10 bits per heavy atom. The van der Waals surface area contributed by atoms with Crippen LogP contribution in [0.2, 0.25) is 5.02 Å². The number of esters is 2. The molecule has 0 spiro atoms. The van der Waals surface area contributed by atoms with Crippen molar-refractivity contribution in [3.05, 3.63) is 44.8 Å². The van der Waals surface area contributed by atoms with Gasteiger partial charge in [-0.25, -0.2) is 9.59 Å². The van der Waals surface area contributed by atoms with E-state index in [1.807, 2.05) is 6.07 Å². The van der Waals surface area contributed by atoms with E-state index >= 15 is 0 Å². The van der Waals surface area contributed by atoms with E-state index in [4.69, 9.17) is 36.3 Å². The van der Waals surface area contributed by atoms with E-state index in [1.165, 1.54) is 12.2 Å². The van der Waals surface area contributed by atoms with Crippen LogP contribution in [0.3, 0.4) is 0 Å². The zero-order chi connectivity index (χ0) is 22.4. The van der Waals surface area contributed by atoms with Crippen molar-refractivity contribution in [3.63, 3.8) is 0 Å². The van der Waals surface area contributed by atoms with Crippen molar-refractivity contribution in [2.24, 2.45) is 0 Å². The highest BCUT2D eigenvalue weighted by Crippen LogP contribution is 2.38. The van der Waals surface area contributed by atoms with Gasteiger partial charge >= 0.3 is 11.9 Å². The lowest BCUT2D eigenvalue weighted by Crippen LogP contribution is -2.08. The summed E-state index contributed by atoms with van der Waals surface area (Å²) >= 11 is 7.17. The Morgan fingerprint density at radius 3 is 2.84 bits per heavy atom. The third kappa shape index (κ3) is 5.29. The van der Waals surface area contributed by atoms with Crippen molar-refractivity contribution < 1.29 is 28.5 Å². The van der Waals surface area contributed by atoms with Gasteiger partial charge in [0.25, 0.3) is 0 Å². The van der Waals surface area contributed by atoms with Gasteiger partial charge in [0, 0.05) is 18.1 Å². The summed E-state index contributed by atoms with van der Waals surface area (Å²) in [7, 11) is 0. The number of hydrogen-bond acceptors (Lipinski definition) is 9. The van der Waals surface area contributed by atoms with E-state index in [-0.39, 0.29) is 34.2 Å². The first-order valence-electron chi connectivity index (χ1n) is 9.37. The standard InChI is InChI=1S/C21H19ClN2O6S/c1-2-27-21(26)19-14(13(10-23)20(24)31-19)11-30-17(25)5-4-12-8-15(22)18-16(9-12)28-6-3-7-29-18/h4-5,8-9H,2-3,6-7,11,24H2,1H3. The Bertz CT molecular complexity index is 1070. The maximum absolute atomic E-state index is 12.2. The number of anilines is 1. The molecule has 2 heterocycles. The molecule has 0 amide bonds. The summed E-state index contributed by atoms with van der Waals surface area (Å²) in [6, 6.07) is 5.29. The zero-order valence-electron chi connectivity index (χ0n) is 16.6. The second-order valence-corrected chi connectivity index (χ2v) is 7.76. The Hall–Kier alpha value is -3.22. The number of benzene rings is 1. The number of fused-ring (bicyclic) bond motifs is 1. The molecular weight excluding hydrogens is 444 g/mol. The fourth-order valence-corrected chi connectivity index (χ4v) is 4.00. The fourth-order valence-electron chi connectivity index (χ4n) is 2.81. The Kier molecular flexibility index (Phi) is 7.39. The molecule has 0 radical (unpaired) electrons. The van der Waals surface area contributed by atoms with Crippen molar-refractivity contribution in [2.45, 2.75) is 20.0 Å². The number of nitrogens with two attached hydrogens (primary N) is 1. The largest absolute Gasteiger partial charge is 0.489 e. The van der Waals surface area contributed by atoms with Crippen molar-refractivity contribution in [1.82, 2.24) is 0 Å². The monoisotopic (exact) mass is 462 g/mol. The predicted octanol–water partition coefficient (Wildman–Crippen LogP) is 3.95. The lowest BCUT2D eigenvalue weighted by atomic mass is 10.1. The molecule has 0 bridgehead atoms. The molecule has 10 heteroatoms. The Balaban J connectivity index is 1.72. The molecule has 1 aliphatic rings. The molecule has 0 aliphatic carbocycles. The SMILES string of the molecule is CCOC(=O)c1sc(N)c(C#N)c1COC(=O)C=Cc1cc(Cl)c2c(c1)OCCCO2. The highest BCUT2D eigenvalue weighted by Gasteiger charge is 2.23. The summed E-state index contributed by atoms with van der Waals surface area (Å²) in [6.45, 7) is 2.55. The molecule has 31 heavy (non-hydrogen) atoms. The summed E-state index contributed by atoms with van der Waals surface area (Å²) < 4.78 is 21.4. The number of halogens is 1. The summed E-state index contributed by atoms with van der Waals surface area (Å²) in [5.74, 6) is -0.315. The summed E-state index contributed by atoms with van der Waals surface area (Å²) in [4.78, 5) is 24.5. The van der Waals surface area contributed by atoms with Crippen molar-refractivity contribution in [1.29, 1.82) is 5.26 Å². The average molecular weight is 463 g/mol. The fraction of sp³-hybridized carbons (Fsp3) is 0.286. The van der Waals surface area contributed by atoms with Crippen LogP contribution >= 0.6 is 22.9 Å². The minimum atomic E-state index is -0.674. The van der Waals surface area contributed by atoms with Crippen LogP contribution in [-0.4, -0.2) is 31.8 Å². The Labute approximate surface area is 187 Å². The van der Waals surface area contributed by atoms with E-state index in [1.54, 1.807) is 19.1 Å². The van der Waals surface area contributed by atoms with Gasteiger partial charge in [-0.2, -0.15) is 5.26 Å². The topological polar surface area (TPSA) is 121 Å². The molecule has 3 rings (SSSR count). The molecule has 1 aromatic carbocycles. The molecule has 2 aromatic rings. The first-order chi connectivity index (χ1) is 14.9. The minimum Gasteiger partial charge on any atom is -0.489 e. The molecule has 0 fully saturated rings. The maximum Gasteiger partial charge on any atom is 0.348 e. The predicted molar refractivity (Wildman–Crippen MR) is 115 cm³/mol. The molecule has 1 aliphatic heterocycles. The molecule has 0 saturated heterocycles. The van der Waals surface area contributed by atoms with Crippen LogP contribution in [0, 0.1) is 11.3 Å². The number of rotatable bonds is 6. The third-order valence-corrected chi connectivity index (χ3v) is 5.52. The number of thiophene rings is 1. The quantitative estimate of drug-likeness (QED) is 0.506. The molecule has 2 N–H and O–H groups in total. The lowest BCUT2D eigenvalue weighted by molar-refractivity contribution is -0.138. The third-order valence-electron chi connectivity index (χ3n) is 4.20. The molecule has 1 aromatic heterocycles. The van der Waals surface area contributed by atoms with Gasteiger partial charge in [0.05, 0.1) is 30.4 Å². The zero-order valence-corrected chi connectivity index (χ0v) is 18.2. The number of hydrogen-bond donors (Lipinski definition) is 1. The highest BCUT2D eigenvalue weighted by atomic mass is 35.5. The van der Waals surface area contributed by atoms with Crippen molar-refractivity contribution >= 4 is 46.0 Å². The van der Waals surface area contributed by atoms with E-state index in [9.17, 15) is 14.9 Å². The number of nitriles is 1. The van der Waals surface area contributed by atoms with Crippen LogP contribution in [0.15, 0.2) is 18.2 Å². The van der Waals surface area contributed by atoms with Gasteiger partial charge in [-0.05, 0) is 30.7 Å². The van der Waals surface area contributed by atoms with Crippen molar-refractivity contribution in [2.75, 3.05) is 25.6 Å². The average Bonchev–Trinajstić information content (AvgIpc) is 2.89. The van der Waals surface area contributed by atoms with Gasteiger partial charge in [-0.15, -0.1) is 11.3 Å². The molecule has 8 nitrogen and oxygen atoms in total. The van der Waals surface area contributed by atoms with Crippen LogP contribution in [0.5, 0.6) is 11.5 Å². The summed E-state index contributed by atoms with van der Waals surface area (Å²) in [5, 5.41) is 9.86. The van der Waals surface area contributed by atoms with E-state index in [0.717, 1.165) is 17.8 Å². The molecule has 0 atom stereocenters. The lowest BCUT2D eigenvalue weighted by Gasteiger charge is -2.10. The molecule has 0 saturated carbocycles. The van der Waals surface area contributed by atoms with Crippen LogP contribution in [0.25, 0.3) is 6.08 Å². The van der Waals surface area contributed by atoms with Crippen LogP contribution < -0.4 is 15.2 Å². The van der Waals surface area contributed by atoms with Gasteiger partial charge in [0.15, 0.2) is 11.5 Å². The van der Waals surface area contributed by atoms with Gasteiger partial charge < -0.3 is 24.7 Å². The van der Waals surface area contributed by atoms with Gasteiger partial charge in [-0.3, -0.25) is 0 Å². The second kappa shape index (κ2) is 10.2. The normalized spacial score (nSPS) is 12.8. The second-order valence-electron chi connectivity index (χ2n) is 6.30. The van der Waals surface area contributed by atoms with E-state index in [0.29, 0.717) is 35.3 Å². The highest BCUT2D eigenvalue weighted by molar-refractivity contribution is 7.18. The first kappa shape index (κ1) is 22.5. The van der Waals surface area contributed by atoms with Crippen LogP contribution in [0.4, 0.5) is 5.00 Å². The Morgan fingerprint density at radius 1 is 1.32 bits per heavy atom. The minimum absolute atomic E-state index is 0.0968. The van der Waals surface area contributed by atoms with E-state index in [2.05, 4.69) is 0 Å². The summed E-state index contributed by atoms with van der Waals surface area (Å²) in [6.07, 6.45) is 3.47. The van der Waals surface area contributed by atoms with Crippen LogP contribution in [0.1, 0.15) is 39.7 Å². The smallest absolute Gasteiger partial charge is 0.348 e. The molecule has 162 valence electrons. The van der Waals surface area contributed by atoms with Crippen molar-refractivity contribution in [3.8, 4) is 17.6 Å². The number of nitrogens with zero attached hydrogens (tertiary/aromatic N) is 1. The van der Waals surface area contributed by atoms with Gasteiger partial charge in [0.1, 0.15) is 22.6 Å². The number of nitrogen functional groups attached to an aromatic ring is 1. The number of ether oxygens (including phenoxy) is 4. The summed E-state index contributed by atoms with van der Waals surface area (Å²) in [5.41, 5.74) is 6.75. The van der Waals surface area contributed by atoms with Crippen LogP contribution in [-0.2, 0) is 20.9 Å².